The molecule has 3 saturated heterocycles. The van der Waals surface area contributed by atoms with Gasteiger partial charge in [-0.3, -0.25) is 5.10 Å². The predicted octanol–water partition coefficient (Wildman–Crippen LogP) is 11.2. The maximum absolute atomic E-state index is 13.0. The minimum Gasteiger partial charge on any atom is -0.445 e. The van der Waals surface area contributed by atoms with Crippen LogP contribution in [-0.2, 0) is 27.4 Å². The minimum atomic E-state index is -0.321. The van der Waals surface area contributed by atoms with Crippen molar-refractivity contribution >= 4 is 46.1 Å². The molecule has 25 nitrogen and oxygen atoms in total. The molecule has 0 bridgehead atoms. The highest BCUT2D eigenvalue weighted by molar-refractivity contribution is 5.93. The Labute approximate surface area is 502 Å². The van der Waals surface area contributed by atoms with Crippen molar-refractivity contribution in [1.82, 2.24) is 80.0 Å². The molecular formula is C62H70N18O7. The molecule has 3 N–H and O–H groups in total. The van der Waals surface area contributed by atoms with Crippen LogP contribution < -0.4 is 10.6 Å². The highest BCUT2D eigenvalue weighted by Gasteiger charge is 2.33. The average Bonchev–Trinajstić information content (AvgIpc) is 2.60. The van der Waals surface area contributed by atoms with Crippen molar-refractivity contribution < 1.29 is 32.8 Å². The Morgan fingerprint density at radius 2 is 1.15 bits per heavy atom. The van der Waals surface area contributed by atoms with Gasteiger partial charge in [0.2, 0.25) is 35.3 Å². The number of aryl methyl sites for hydroxylation is 4. The van der Waals surface area contributed by atoms with E-state index in [-0.39, 0.29) is 63.2 Å². The Kier molecular flexibility index (Phi) is 17.8. The van der Waals surface area contributed by atoms with Crippen LogP contribution in [0.4, 0.5) is 21.5 Å². The molecule has 5 atom stereocenters. The third-order valence-electron chi connectivity index (χ3n) is 15.6. The molecule has 8 aromatic heterocycles. The quantitative estimate of drug-likeness (QED) is 0.0966. The van der Waals surface area contributed by atoms with Crippen molar-refractivity contribution in [2.45, 2.75) is 138 Å². The number of rotatable bonds is 13. The van der Waals surface area contributed by atoms with Crippen molar-refractivity contribution in [3.05, 3.63) is 131 Å². The smallest absolute Gasteiger partial charge is 0.410 e. The number of hydrogen-bond acceptors (Lipinski definition) is 21. The first-order chi connectivity index (χ1) is 41.9. The van der Waals surface area contributed by atoms with Gasteiger partial charge in [-0.25, -0.2) is 44.2 Å². The van der Waals surface area contributed by atoms with Gasteiger partial charge in [-0.05, 0) is 119 Å². The summed E-state index contributed by atoms with van der Waals surface area (Å²) < 4.78 is 29.5. The highest BCUT2D eigenvalue weighted by Crippen LogP contribution is 2.35. The molecule has 0 spiro atoms. The number of nitrogens with zero attached hydrogens (tertiary/aromatic N) is 15. The number of aromatic amines is 1. The van der Waals surface area contributed by atoms with Gasteiger partial charge >= 0.3 is 12.2 Å². The van der Waals surface area contributed by atoms with Gasteiger partial charge in [-0.15, -0.1) is 0 Å². The van der Waals surface area contributed by atoms with E-state index in [0.717, 1.165) is 83.7 Å². The monoisotopic (exact) mass is 1180 g/mol. The van der Waals surface area contributed by atoms with Crippen molar-refractivity contribution in [3.8, 4) is 45.8 Å². The number of carbonyl (C=O) groups excluding carboxylic acids is 2. The van der Waals surface area contributed by atoms with Gasteiger partial charge in [0.1, 0.15) is 30.3 Å². The summed E-state index contributed by atoms with van der Waals surface area (Å²) in [5.74, 6) is 2.72. The molecule has 0 aliphatic carbocycles. The van der Waals surface area contributed by atoms with Crippen molar-refractivity contribution in [1.29, 1.82) is 0 Å². The first-order valence-corrected chi connectivity index (χ1v) is 29.0. The van der Waals surface area contributed by atoms with E-state index in [4.69, 9.17) is 43.3 Å². The zero-order valence-electron chi connectivity index (χ0n) is 48.7. The van der Waals surface area contributed by atoms with Gasteiger partial charge in [0.15, 0.2) is 17.5 Å². The third kappa shape index (κ3) is 13.4. The fraction of sp³-hybridized carbons (Fsp3) is 0.387. The summed E-state index contributed by atoms with van der Waals surface area (Å²) in [6, 6.07) is 27.1. The number of carbonyl (C=O) groups is 2. The summed E-state index contributed by atoms with van der Waals surface area (Å²) in [5, 5.41) is 29.0. The van der Waals surface area contributed by atoms with E-state index in [1.165, 1.54) is 0 Å². The molecule has 25 heteroatoms. The number of aromatic nitrogens is 14. The fourth-order valence-corrected chi connectivity index (χ4v) is 10.9. The number of amides is 2. The van der Waals surface area contributed by atoms with Gasteiger partial charge in [0.25, 0.3) is 0 Å². The van der Waals surface area contributed by atoms with Gasteiger partial charge in [0, 0.05) is 80.9 Å². The lowest BCUT2D eigenvalue weighted by molar-refractivity contribution is -0.0368. The van der Waals surface area contributed by atoms with Crippen LogP contribution in [0, 0.1) is 27.7 Å². The summed E-state index contributed by atoms with van der Waals surface area (Å²) in [5.41, 5.74) is 8.88. The molecular weight excluding hydrogens is 1110 g/mol. The molecule has 0 radical (unpaired) electrons. The topological polar surface area (TPSA) is 294 Å². The maximum atomic E-state index is 13.0. The maximum Gasteiger partial charge on any atom is 0.410 e. The molecule has 87 heavy (non-hydrogen) atoms. The highest BCUT2D eigenvalue weighted by atomic mass is 16.6. The molecule has 3 fully saturated rings. The van der Waals surface area contributed by atoms with Crippen LogP contribution in [0.2, 0.25) is 0 Å². The summed E-state index contributed by atoms with van der Waals surface area (Å²) in [4.78, 5) is 66.5. The fourth-order valence-electron chi connectivity index (χ4n) is 10.9. The number of hydrogen-bond donors (Lipinski definition) is 3. The zero-order valence-corrected chi connectivity index (χ0v) is 48.7. The molecule has 450 valence electrons. The Bertz CT molecular complexity index is 4000. The van der Waals surface area contributed by atoms with Crippen LogP contribution in [-0.4, -0.2) is 136 Å². The lowest BCUT2D eigenvalue weighted by Gasteiger charge is -2.37. The van der Waals surface area contributed by atoms with Crippen molar-refractivity contribution in [2.75, 3.05) is 30.3 Å². The van der Waals surface area contributed by atoms with E-state index < -0.39 is 0 Å². The van der Waals surface area contributed by atoms with Crippen molar-refractivity contribution in [3.63, 3.8) is 0 Å². The molecule has 1 unspecified atom stereocenters. The first-order valence-electron chi connectivity index (χ1n) is 29.0. The standard InChI is InChI=1S/C33H37N9O4.C28H29N9O3.CH4/c1-20-17-34-32(36-24-13-12-21(2)41(18-24)33(43)45-19-23-9-5-4-6-10-23)38-28(20)29-25-14-15-26(30-35-22(3)46-40-30)37-31(25)42(39-29)27-11-7-8-16-44-27;1-16-13-29-27(31-20-10-9-17(2)37(14-20)28(38)39-15-19-7-5-4-6-8-19)33-23(16)24-21-11-12-22(32-25(21)35-34-24)26-30-18(3)40-36-26;/h4-6,9-10,14-15,17,21,24,27H,7-8,11-13,16,18-19H2,1-3H3,(H,34,36,38);4-8,11-13,17,20H,9-10,14-15H2,1-3H3,(H,29,31,33)(H,32,34,35);1H4/t21-,24-,27?;17-,20-;/m00./s1. The van der Waals surface area contributed by atoms with E-state index in [2.05, 4.69) is 63.0 Å². The summed E-state index contributed by atoms with van der Waals surface area (Å²) in [6.07, 6.45) is 9.02. The van der Waals surface area contributed by atoms with Crippen LogP contribution in [0.25, 0.3) is 67.9 Å². The number of pyridine rings is 2. The van der Waals surface area contributed by atoms with Gasteiger partial charge in [0.05, 0.1) is 17.1 Å². The van der Waals surface area contributed by atoms with Crippen LogP contribution in [0.3, 0.4) is 0 Å². The summed E-state index contributed by atoms with van der Waals surface area (Å²) in [7, 11) is 0. The number of nitrogens with one attached hydrogen (secondary N) is 3. The second-order valence-electron chi connectivity index (χ2n) is 22.0. The molecule has 2 amide bonds. The van der Waals surface area contributed by atoms with Crippen LogP contribution in [0.15, 0.2) is 106 Å². The average molecular weight is 1180 g/mol. The van der Waals surface area contributed by atoms with E-state index in [1.807, 2.05) is 110 Å². The number of H-pyrrole nitrogens is 1. The molecule has 2 aromatic carbocycles. The number of fused-ring (bicyclic) bond motifs is 2. The summed E-state index contributed by atoms with van der Waals surface area (Å²) >= 11 is 0. The molecule has 13 rings (SSSR count). The first kappa shape index (κ1) is 59.0. The predicted molar refractivity (Wildman–Crippen MR) is 323 cm³/mol. The second-order valence-corrected chi connectivity index (χ2v) is 22.0. The SMILES string of the molecule is C.Cc1nc(-c2ccc3c(-c4nc(N[C@H]5CC[C@H](C)N(C(=O)OCc6ccccc6)C5)ncc4C)[nH]nc3n2)no1.Cc1nc(-c2ccc3c(-c4nc(N[C@H]5CC[C@H](C)N(C(=O)OCc6ccccc6)C5)ncc4C)nn(C4CCCCO4)c3n2)no1. The van der Waals surface area contributed by atoms with Gasteiger partial charge in [-0.1, -0.05) is 78.4 Å². The number of benzene rings is 2. The number of anilines is 2. The molecule has 0 saturated carbocycles. The Morgan fingerprint density at radius 3 is 1.69 bits per heavy atom. The van der Waals surface area contributed by atoms with Gasteiger partial charge < -0.3 is 43.7 Å². The molecule has 3 aliphatic heterocycles. The Hall–Kier alpha value is -9.78. The number of likely N-dealkylation sites (tertiary alicyclic amines) is 2. The zero-order chi connectivity index (χ0) is 59.3. The van der Waals surface area contributed by atoms with Crippen LogP contribution in [0.5, 0.6) is 0 Å². The van der Waals surface area contributed by atoms with Gasteiger partial charge in [-0.2, -0.15) is 20.2 Å². The van der Waals surface area contributed by atoms with E-state index >= 15 is 0 Å². The normalized spacial score (nSPS) is 18.6. The van der Waals surface area contributed by atoms with Crippen molar-refractivity contribution in [2.24, 2.45) is 0 Å². The Morgan fingerprint density at radius 1 is 0.609 bits per heavy atom. The minimum absolute atomic E-state index is 0. The van der Waals surface area contributed by atoms with E-state index in [9.17, 15) is 9.59 Å². The lowest BCUT2D eigenvalue weighted by Crippen LogP contribution is -2.50. The number of piperidine rings is 2. The summed E-state index contributed by atoms with van der Waals surface area (Å²) in [6.45, 7) is 13.6. The lowest BCUT2D eigenvalue weighted by atomic mass is 10.00. The van der Waals surface area contributed by atoms with E-state index in [0.29, 0.717) is 94.8 Å². The Balaban J connectivity index is 0.000000180. The van der Waals surface area contributed by atoms with E-state index in [1.54, 1.807) is 36.0 Å². The number of ether oxygens (including phenoxy) is 3. The third-order valence-corrected chi connectivity index (χ3v) is 15.6. The van der Waals surface area contributed by atoms with Crippen LogP contribution in [0.1, 0.15) is 106 Å². The van der Waals surface area contributed by atoms with Crippen LogP contribution >= 0.6 is 0 Å². The molecule has 3 aliphatic rings. The largest absolute Gasteiger partial charge is 0.445 e. The second kappa shape index (κ2) is 26.2. The molecule has 10 aromatic rings. The molecule has 11 heterocycles.